The van der Waals surface area contributed by atoms with Crippen molar-refractivity contribution in [2.45, 2.75) is 26.9 Å². The molecule has 0 bridgehead atoms. The first-order valence-corrected chi connectivity index (χ1v) is 7.50. The highest BCUT2D eigenvalue weighted by Crippen LogP contribution is 2.25. The third kappa shape index (κ3) is 2.71. The van der Waals surface area contributed by atoms with Crippen molar-refractivity contribution in [1.29, 1.82) is 0 Å². The molecule has 0 aliphatic carbocycles. The maximum Gasteiger partial charge on any atom is 0.427 e. The molecule has 0 radical (unpaired) electrons. The molecular formula is C18H16FNO4. The van der Waals surface area contributed by atoms with Crippen LogP contribution in [0.3, 0.4) is 0 Å². The van der Waals surface area contributed by atoms with Gasteiger partial charge in [0.15, 0.2) is 0 Å². The van der Waals surface area contributed by atoms with Crippen LogP contribution in [0, 0.1) is 12.7 Å². The van der Waals surface area contributed by atoms with E-state index in [0.29, 0.717) is 15.9 Å². The van der Waals surface area contributed by atoms with Gasteiger partial charge in [0.05, 0.1) is 17.2 Å². The number of hydrogen-bond donors (Lipinski definition) is 0. The molecule has 0 atom stereocenters. The molecule has 24 heavy (non-hydrogen) atoms. The van der Waals surface area contributed by atoms with Crippen LogP contribution in [0.15, 0.2) is 50.4 Å². The molecule has 0 saturated carbocycles. The molecule has 0 spiro atoms. The first-order chi connectivity index (χ1) is 11.4. The van der Waals surface area contributed by atoms with E-state index in [4.69, 9.17) is 9.15 Å². The fourth-order valence-corrected chi connectivity index (χ4v) is 2.48. The summed E-state index contributed by atoms with van der Waals surface area (Å²) in [4.78, 5) is 24.8. The largest absolute Gasteiger partial charge is 0.491 e. The molecular weight excluding hydrogens is 313 g/mol. The monoisotopic (exact) mass is 329 g/mol. The van der Waals surface area contributed by atoms with Crippen LogP contribution in [0.1, 0.15) is 19.4 Å². The SMILES string of the molecule is Cc1cc(F)c(-n2c(=O)oc3ccccc3c2=O)cc1OC(C)C. The predicted molar refractivity (Wildman–Crippen MR) is 88.5 cm³/mol. The lowest BCUT2D eigenvalue weighted by Gasteiger charge is -2.15. The molecule has 0 fully saturated rings. The molecule has 3 rings (SSSR count). The van der Waals surface area contributed by atoms with E-state index in [9.17, 15) is 14.0 Å². The third-order valence-electron chi connectivity index (χ3n) is 3.55. The maximum absolute atomic E-state index is 14.4. The zero-order valence-corrected chi connectivity index (χ0v) is 13.5. The van der Waals surface area contributed by atoms with Gasteiger partial charge in [0.2, 0.25) is 0 Å². The third-order valence-corrected chi connectivity index (χ3v) is 3.55. The fraction of sp³-hybridized carbons (Fsp3) is 0.222. The quantitative estimate of drug-likeness (QED) is 0.740. The van der Waals surface area contributed by atoms with E-state index in [2.05, 4.69) is 0 Å². The lowest BCUT2D eigenvalue weighted by molar-refractivity contribution is 0.240. The number of nitrogens with zero attached hydrogens (tertiary/aromatic N) is 1. The Bertz CT molecular complexity index is 1030. The summed E-state index contributed by atoms with van der Waals surface area (Å²) in [7, 11) is 0. The van der Waals surface area contributed by atoms with E-state index in [0.717, 1.165) is 0 Å². The van der Waals surface area contributed by atoms with Gasteiger partial charge in [-0.3, -0.25) is 4.79 Å². The standard InChI is InChI=1S/C18H16FNO4/c1-10(2)23-16-9-14(13(19)8-11(16)3)20-17(21)12-6-4-5-7-15(12)24-18(20)22/h4-10H,1-3H3. The summed E-state index contributed by atoms with van der Waals surface area (Å²) < 4.78 is 25.9. The molecule has 5 nitrogen and oxygen atoms in total. The molecule has 1 heterocycles. The van der Waals surface area contributed by atoms with E-state index >= 15 is 0 Å². The van der Waals surface area contributed by atoms with Gasteiger partial charge < -0.3 is 9.15 Å². The van der Waals surface area contributed by atoms with E-state index < -0.39 is 17.1 Å². The molecule has 0 unspecified atom stereocenters. The van der Waals surface area contributed by atoms with Gasteiger partial charge in [-0.2, -0.15) is 0 Å². The van der Waals surface area contributed by atoms with Gasteiger partial charge in [-0.25, -0.2) is 13.8 Å². The Balaban J connectivity index is 2.32. The summed E-state index contributed by atoms with van der Waals surface area (Å²) in [6.07, 6.45) is -0.133. The number of rotatable bonds is 3. The second-order valence-corrected chi connectivity index (χ2v) is 5.74. The van der Waals surface area contributed by atoms with Crippen LogP contribution in [0.5, 0.6) is 5.75 Å². The molecule has 2 aromatic carbocycles. The van der Waals surface area contributed by atoms with Crippen molar-refractivity contribution >= 4 is 11.0 Å². The summed E-state index contributed by atoms with van der Waals surface area (Å²) in [5, 5.41) is 0.198. The number of benzene rings is 2. The number of para-hydroxylation sites is 1. The molecule has 1 aromatic heterocycles. The average molecular weight is 329 g/mol. The minimum absolute atomic E-state index is 0.133. The van der Waals surface area contributed by atoms with E-state index in [1.54, 1.807) is 19.1 Å². The normalized spacial score (nSPS) is 11.2. The minimum atomic E-state index is -0.947. The maximum atomic E-state index is 14.4. The number of aryl methyl sites for hydroxylation is 1. The van der Waals surface area contributed by atoms with Gasteiger partial charge in [-0.15, -0.1) is 0 Å². The van der Waals surface area contributed by atoms with Gasteiger partial charge in [0.25, 0.3) is 5.56 Å². The second kappa shape index (κ2) is 5.96. The smallest absolute Gasteiger partial charge is 0.427 e. The second-order valence-electron chi connectivity index (χ2n) is 5.74. The van der Waals surface area contributed by atoms with Crippen LogP contribution < -0.4 is 16.1 Å². The molecule has 124 valence electrons. The zero-order valence-electron chi connectivity index (χ0n) is 13.5. The van der Waals surface area contributed by atoms with Crippen molar-refractivity contribution in [3.05, 3.63) is 68.7 Å². The lowest BCUT2D eigenvalue weighted by Crippen LogP contribution is -2.31. The Hall–Kier alpha value is -2.89. The zero-order chi connectivity index (χ0) is 17.4. The van der Waals surface area contributed by atoms with E-state index in [-0.39, 0.29) is 22.8 Å². The van der Waals surface area contributed by atoms with E-state index in [1.165, 1.54) is 24.3 Å². The number of aromatic nitrogens is 1. The lowest BCUT2D eigenvalue weighted by atomic mass is 10.2. The molecule has 0 aliphatic rings. The highest BCUT2D eigenvalue weighted by molar-refractivity contribution is 5.75. The topological polar surface area (TPSA) is 61.4 Å². The first-order valence-electron chi connectivity index (χ1n) is 7.50. The van der Waals surface area contributed by atoms with Crippen LogP contribution in [0.4, 0.5) is 4.39 Å². The van der Waals surface area contributed by atoms with Crippen molar-refractivity contribution in [3.8, 4) is 11.4 Å². The van der Waals surface area contributed by atoms with Crippen molar-refractivity contribution < 1.29 is 13.5 Å². The molecule has 0 aliphatic heterocycles. The summed E-state index contributed by atoms with van der Waals surface area (Å²) >= 11 is 0. The highest BCUT2D eigenvalue weighted by Gasteiger charge is 2.17. The van der Waals surface area contributed by atoms with Gasteiger partial charge in [-0.05, 0) is 44.5 Å². The summed E-state index contributed by atoms with van der Waals surface area (Å²) in [5.41, 5.74) is -0.0982. The summed E-state index contributed by atoms with van der Waals surface area (Å²) in [5.74, 6) is -1.24. The molecule has 0 N–H and O–H groups in total. The van der Waals surface area contributed by atoms with Crippen molar-refractivity contribution in [2.24, 2.45) is 0 Å². The summed E-state index contributed by atoms with van der Waals surface area (Å²) in [6, 6.07) is 8.91. The highest BCUT2D eigenvalue weighted by atomic mass is 19.1. The molecule has 0 amide bonds. The van der Waals surface area contributed by atoms with Gasteiger partial charge in [-0.1, -0.05) is 12.1 Å². The number of halogens is 1. The Morgan fingerprint density at radius 1 is 1.17 bits per heavy atom. The molecule has 0 saturated heterocycles. The fourth-order valence-electron chi connectivity index (χ4n) is 2.48. The van der Waals surface area contributed by atoms with Crippen LogP contribution in [0.2, 0.25) is 0 Å². The Kier molecular flexibility index (Phi) is 3.97. The van der Waals surface area contributed by atoms with Gasteiger partial charge in [0, 0.05) is 6.07 Å². The van der Waals surface area contributed by atoms with Gasteiger partial charge >= 0.3 is 5.76 Å². The van der Waals surface area contributed by atoms with Crippen LogP contribution in [-0.2, 0) is 0 Å². The van der Waals surface area contributed by atoms with Gasteiger partial charge in [0.1, 0.15) is 17.1 Å². The van der Waals surface area contributed by atoms with Crippen molar-refractivity contribution in [2.75, 3.05) is 0 Å². The Labute approximate surface area is 136 Å². The minimum Gasteiger partial charge on any atom is -0.491 e. The van der Waals surface area contributed by atoms with Crippen LogP contribution in [0.25, 0.3) is 16.7 Å². The van der Waals surface area contributed by atoms with Crippen LogP contribution >= 0.6 is 0 Å². The van der Waals surface area contributed by atoms with E-state index in [1.807, 2.05) is 13.8 Å². The Morgan fingerprint density at radius 2 is 1.88 bits per heavy atom. The first kappa shape index (κ1) is 16.0. The van der Waals surface area contributed by atoms with Crippen molar-refractivity contribution in [3.63, 3.8) is 0 Å². The van der Waals surface area contributed by atoms with Crippen LogP contribution in [-0.4, -0.2) is 10.7 Å². The van der Waals surface area contributed by atoms with Crippen molar-refractivity contribution in [1.82, 2.24) is 4.57 Å². The molecule has 6 heteroatoms. The average Bonchev–Trinajstić information content (AvgIpc) is 2.51. The molecule has 3 aromatic rings. The number of fused-ring (bicyclic) bond motifs is 1. The number of ether oxygens (including phenoxy) is 1. The number of hydrogen-bond acceptors (Lipinski definition) is 4. The predicted octanol–water partition coefficient (Wildman–Crippen LogP) is 3.18. The summed E-state index contributed by atoms with van der Waals surface area (Å²) in [6.45, 7) is 5.36. The Morgan fingerprint density at radius 3 is 2.58 bits per heavy atom.